The Kier molecular flexibility index (Phi) is 6.54. The van der Waals surface area contributed by atoms with Crippen LogP contribution in [-0.2, 0) is 23.9 Å². The number of nitrogens with one attached hydrogen (secondary N) is 1. The Hall–Kier alpha value is -1.92. The summed E-state index contributed by atoms with van der Waals surface area (Å²) in [5, 5.41) is 2.37. The summed E-state index contributed by atoms with van der Waals surface area (Å²) < 4.78 is 4.49. The van der Waals surface area contributed by atoms with Gasteiger partial charge in [0, 0.05) is 33.9 Å². The predicted octanol–water partition coefficient (Wildman–Crippen LogP) is -0.939. The second-order valence-electron chi connectivity index (χ2n) is 3.27. The number of nitrogens with zero attached hydrogens (tertiary/aromatic N) is 1. The van der Waals surface area contributed by atoms with Crippen molar-refractivity contribution in [1.29, 1.82) is 0 Å². The molecule has 0 saturated carbocycles. The van der Waals surface area contributed by atoms with Crippen LogP contribution in [0.2, 0.25) is 0 Å². The van der Waals surface area contributed by atoms with E-state index in [4.69, 9.17) is 0 Å². The number of hydrogen-bond acceptors (Lipinski definition) is 5. The molecule has 0 spiro atoms. The molecule has 0 radical (unpaired) electrons. The standard InChI is InChI=1S/C10H16N2O5/c1-7(13)12(5-4-9(15)11-3)10(16)6-17-8(2)14/h4-6H2,1-3H3,(H,11,15). The zero-order valence-electron chi connectivity index (χ0n) is 10.1. The van der Waals surface area contributed by atoms with Gasteiger partial charge in [0.15, 0.2) is 6.61 Å². The Morgan fingerprint density at radius 3 is 2.18 bits per heavy atom. The zero-order valence-corrected chi connectivity index (χ0v) is 10.1. The van der Waals surface area contributed by atoms with E-state index in [0.29, 0.717) is 0 Å². The first-order chi connectivity index (χ1) is 7.88. The second kappa shape index (κ2) is 7.37. The number of carbonyl (C=O) groups is 4. The molecule has 0 aliphatic heterocycles. The molecule has 7 heteroatoms. The number of esters is 1. The van der Waals surface area contributed by atoms with Crippen LogP contribution in [-0.4, -0.2) is 48.8 Å². The molecule has 0 rings (SSSR count). The summed E-state index contributed by atoms with van der Waals surface area (Å²) >= 11 is 0. The van der Waals surface area contributed by atoms with Crippen LogP contribution in [0.25, 0.3) is 0 Å². The van der Waals surface area contributed by atoms with Crippen LogP contribution in [0.5, 0.6) is 0 Å². The van der Waals surface area contributed by atoms with Gasteiger partial charge in [0.2, 0.25) is 11.8 Å². The fourth-order valence-corrected chi connectivity index (χ4v) is 1.04. The minimum Gasteiger partial charge on any atom is -0.456 e. The summed E-state index contributed by atoms with van der Waals surface area (Å²) in [6, 6.07) is 0. The summed E-state index contributed by atoms with van der Waals surface area (Å²) in [5.41, 5.74) is 0. The molecular formula is C10H16N2O5. The maximum Gasteiger partial charge on any atom is 0.303 e. The first-order valence-electron chi connectivity index (χ1n) is 5.03. The fraction of sp³-hybridized carbons (Fsp3) is 0.600. The molecule has 0 bridgehead atoms. The lowest BCUT2D eigenvalue weighted by Gasteiger charge is -2.18. The largest absolute Gasteiger partial charge is 0.456 e. The Balaban J connectivity index is 4.31. The lowest BCUT2D eigenvalue weighted by Crippen LogP contribution is -2.40. The van der Waals surface area contributed by atoms with E-state index in [-0.39, 0.29) is 18.9 Å². The highest BCUT2D eigenvalue weighted by Crippen LogP contribution is 1.96. The van der Waals surface area contributed by atoms with Crippen molar-refractivity contribution in [2.24, 2.45) is 0 Å². The van der Waals surface area contributed by atoms with E-state index in [0.717, 1.165) is 11.8 Å². The van der Waals surface area contributed by atoms with E-state index in [1.807, 2.05) is 0 Å². The molecule has 17 heavy (non-hydrogen) atoms. The molecule has 0 saturated heterocycles. The summed E-state index contributed by atoms with van der Waals surface area (Å²) in [6.45, 7) is 1.84. The summed E-state index contributed by atoms with van der Waals surface area (Å²) in [5.74, 6) is -2.02. The number of rotatable bonds is 5. The lowest BCUT2D eigenvalue weighted by atomic mass is 10.3. The molecular weight excluding hydrogens is 228 g/mol. The highest BCUT2D eigenvalue weighted by molar-refractivity contribution is 5.95. The molecule has 1 N–H and O–H groups in total. The van der Waals surface area contributed by atoms with Gasteiger partial charge in [0.25, 0.3) is 5.91 Å². The van der Waals surface area contributed by atoms with Gasteiger partial charge < -0.3 is 10.1 Å². The molecule has 0 fully saturated rings. The van der Waals surface area contributed by atoms with Crippen LogP contribution in [0.4, 0.5) is 0 Å². The summed E-state index contributed by atoms with van der Waals surface area (Å²) in [7, 11) is 1.46. The molecule has 0 aromatic carbocycles. The van der Waals surface area contributed by atoms with Crippen molar-refractivity contribution in [3.63, 3.8) is 0 Å². The third kappa shape index (κ3) is 6.29. The molecule has 7 nitrogen and oxygen atoms in total. The average Bonchev–Trinajstić information content (AvgIpc) is 2.25. The molecule has 3 amide bonds. The Morgan fingerprint density at radius 1 is 1.18 bits per heavy atom. The highest BCUT2D eigenvalue weighted by atomic mass is 16.5. The molecule has 0 aromatic heterocycles. The van der Waals surface area contributed by atoms with Crippen LogP contribution in [0.3, 0.4) is 0 Å². The van der Waals surface area contributed by atoms with Crippen molar-refractivity contribution in [2.45, 2.75) is 20.3 Å². The molecule has 0 aromatic rings. The van der Waals surface area contributed by atoms with Gasteiger partial charge in [-0.05, 0) is 0 Å². The summed E-state index contributed by atoms with van der Waals surface area (Å²) in [6.07, 6.45) is 0.0158. The van der Waals surface area contributed by atoms with Crippen molar-refractivity contribution >= 4 is 23.7 Å². The van der Waals surface area contributed by atoms with Gasteiger partial charge in [0.05, 0.1) is 0 Å². The van der Waals surface area contributed by atoms with Crippen molar-refractivity contribution < 1.29 is 23.9 Å². The lowest BCUT2D eigenvalue weighted by molar-refractivity contribution is -0.154. The monoisotopic (exact) mass is 244 g/mol. The molecule has 0 unspecified atom stereocenters. The van der Waals surface area contributed by atoms with Crippen LogP contribution in [0.1, 0.15) is 20.3 Å². The third-order valence-electron chi connectivity index (χ3n) is 1.92. The second-order valence-corrected chi connectivity index (χ2v) is 3.27. The van der Waals surface area contributed by atoms with Gasteiger partial charge in [-0.2, -0.15) is 0 Å². The number of imide groups is 1. The first kappa shape index (κ1) is 15.1. The van der Waals surface area contributed by atoms with Gasteiger partial charge in [-0.15, -0.1) is 0 Å². The normalized spacial score (nSPS) is 9.35. The third-order valence-corrected chi connectivity index (χ3v) is 1.92. The van der Waals surface area contributed by atoms with Crippen molar-refractivity contribution in [2.75, 3.05) is 20.2 Å². The van der Waals surface area contributed by atoms with Gasteiger partial charge in [-0.25, -0.2) is 0 Å². The zero-order chi connectivity index (χ0) is 13.4. The van der Waals surface area contributed by atoms with E-state index >= 15 is 0 Å². The van der Waals surface area contributed by atoms with E-state index < -0.39 is 24.4 Å². The van der Waals surface area contributed by atoms with Gasteiger partial charge in [0.1, 0.15) is 0 Å². The van der Waals surface area contributed by atoms with E-state index in [1.54, 1.807) is 0 Å². The Bertz CT molecular complexity index is 327. The minimum atomic E-state index is -0.642. The Morgan fingerprint density at radius 2 is 1.76 bits per heavy atom. The number of ether oxygens (including phenoxy) is 1. The SMILES string of the molecule is CNC(=O)CCN(C(C)=O)C(=O)COC(C)=O. The van der Waals surface area contributed by atoms with E-state index in [9.17, 15) is 19.2 Å². The maximum absolute atomic E-state index is 11.5. The van der Waals surface area contributed by atoms with Crippen molar-refractivity contribution in [3.05, 3.63) is 0 Å². The van der Waals surface area contributed by atoms with Gasteiger partial charge in [-0.3, -0.25) is 24.1 Å². The van der Waals surface area contributed by atoms with Crippen molar-refractivity contribution in [1.82, 2.24) is 10.2 Å². The molecule has 0 atom stereocenters. The first-order valence-corrected chi connectivity index (χ1v) is 5.03. The van der Waals surface area contributed by atoms with E-state index in [2.05, 4.69) is 10.1 Å². The number of carbonyl (C=O) groups excluding carboxylic acids is 4. The molecule has 0 aliphatic rings. The molecule has 96 valence electrons. The maximum atomic E-state index is 11.5. The summed E-state index contributed by atoms with van der Waals surface area (Å²) in [4.78, 5) is 45.0. The minimum absolute atomic E-state index is 0.0158. The number of hydrogen-bond donors (Lipinski definition) is 1. The fourth-order valence-electron chi connectivity index (χ4n) is 1.04. The van der Waals surface area contributed by atoms with Crippen LogP contribution < -0.4 is 5.32 Å². The van der Waals surface area contributed by atoms with Crippen LogP contribution in [0, 0.1) is 0 Å². The number of amides is 3. The molecule has 0 aliphatic carbocycles. The predicted molar refractivity (Wildman–Crippen MR) is 57.7 cm³/mol. The highest BCUT2D eigenvalue weighted by Gasteiger charge is 2.19. The van der Waals surface area contributed by atoms with Gasteiger partial charge in [-0.1, -0.05) is 0 Å². The van der Waals surface area contributed by atoms with E-state index in [1.165, 1.54) is 14.0 Å². The topological polar surface area (TPSA) is 92.8 Å². The van der Waals surface area contributed by atoms with Crippen LogP contribution in [0.15, 0.2) is 0 Å². The quantitative estimate of drug-likeness (QED) is 0.630. The average molecular weight is 244 g/mol. The van der Waals surface area contributed by atoms with Gasteiger partial charge >= 0.3 is 5.97 Å². The van der Waals surface area contributed by atoms with Crippen LogP contribution >= 0.6 is 0 Å². The molecule has 0 heterocycles. The smallest absolute Gasteiger partial charge is 0.303 e. The Labute approximate surface area is 99.1 Å². The van der Waals surface area contributed by atoms with Crippen molar-refractivity contribution in [3.8, 4) is 0 Å².